The number of nitrogens with one attached hydrogen (secondary N) is 1. The molecule has 0 radical (unpaired) electrons. The van der Waals surface area contributed by atoms with Crippen molar-refractivity contribution in [1.29, 1.82) is 0 Å². The zero-order valence-electron chi connectivity index (χ0n) is 15.7. The summed E-state index contributed by atoms with van der Waals surface area (Å²) in [5, 5.41) is 7.24. The predicted octanol–water partition coefficient (Wildman–Crippen LogP) is 3.32. The average molecular weight is 493 g/mol. The van der Waals surface area contributed by atoms with Gasteiger partial charge in [0.2, 0.25) is 7.07 Å². The van der Waals surface area contributed by atoms with Gasteiger partial charge >= 0.3 is 7.60 Å². The first-order valence-electron chi connectivity index (χ1n) is 8.29. The van der Waals surface area contributed by atoms with E-state index in [1.54, 1.807) is 49.4 Å². The zero-order valence-corrected chi connectivity index (χ0v) is 20.2. The van der Waals surface area contributed by atoms with Gasteiger partial charge in [-0.05, 0) is 78.2 Å². The molecule has 0 heterocycles. The van der Waals surface area contributed by atoms with Gasteiger partial charge in [0, 0.05) is 7.05 Å². The summed E-state index contributed by atoms with van der Waals surface area (Å²) in [4.78, 5) is 18.0. The summed E-state index contributed by atoms with van der Waals surface area (Å²) >= 11 is 10.5. The molecular formula is C16H22N3O5P3S2. The molecule has 0 aliphatic heterocycles. The van der Waals surface area contributed by atoms with Crippen molar-refractivity contribution in [2.75, 3.05) is 14.1 Å². The maximum atomic E-state index is 11.0. The predicted molar refractivity (Wildman–Crippen MR) is 126 cm³/mol. The van der Waals surface area contributed by atoms with Crippen LogP contribution in [-0.4, -0.2) is 34.9 Å². The standard InChI is InChI=1S/C16H22N3O5P3S2/c1-17-25(28)23-15-7-3-13(4-8-15)11-18-19(2)26(29)24-16-9-5-14(6-10-16)12-27(20,21)22/h3-11,25-26H,12H2,1-2H3,(H,17,28)(H2,20,21,22)/b18-11+. The fourth-order valence-electron chi connectivity index (χ4n) is 2.05. The Bertz CT molecular complexity index is 936. The SMILES string of the molecule is CN[PH](=S)Oc1ccc(/C=N/N(C)[PH](=S)Oc2ccc(CP(=O)(O)O)cc2)cc1. The second-order valence-electron chi connectivity index (χ2n) is 5.81. The molecule has 0 aromatic heterocycles. The van der Waals surface area contributed by atoms with Crippen molar-refractivity contribution in [3.63, 3.8) is 0 Å². The molecule has 0 fully saturated rings. The molecule has 0 saturated carbocycles. The van der Waals surface area contributed by atoms with Crippen molar-refractivity contribution in [3.05, 3.63) is 59.7 Å². The quantitative estimate of drug-likeness (QED) is 0.261. The van der Waals surface area contributed by atoms with Crippen LogP contribution in [0.25, 0.3) is 0 Å². The van der Waals surface area contributed by atoms with Crippen LogP contribution in [0, 0.1) is 0 Å². The van der Waals surface area contributed by atoms with E-state index in [9.17, 15) is 4.57 Å². The van der Waals surface area contributed by atoms with Crippen molar-refractivity contribution in [2.24, 2.45) is 5.10 Å². The summed E-state index contributed by atoms with van der Waals surface area (Å²) in [6.45, 7) is 0. The number of rotatable bonds is 10. The highest BCUT2D eigenvalue weighted by Crippen LogP contribution is 2.39. The first-order valence-corrected chi connectivity index (χ1v) is 15.1. The third-order valence-corrected chi connectivity index (χ3v) is 8.02. The number of hydrogen-bond donors (Lipinski definition) is 3. The summed E-state index contributed by atoms with van der Waals surface area (Å²) in [6, 6.07) is 13.9. The van der Waals surface area contributed by atoms with Crippen LogP contribution in [-0.2, 0) is 34.3 Å². The van der Waals surface area contributed by atoms with Gasteiger partial charge in [-0.1, -0.05) is 12.1 Å². The Balaban J connectivity index is 1.91. The normalized spacial score (nSPS) is 13.8. The van der Waals surface area contributed by atoms with Crippen LogP contribution in [0.1, 0.15) is 11.1 Å². The van der Waals surface area contributed by atoms with Crippen molar-refractivity contribution in [1.82, 2.24) is 9.87 Å². The summed E-state index contributed by atoms with van der Waals surface area (Å²) in [5.41, 5.74) is 1.40. The minimum Gasteiger partial charge on any atom is -0.456 e. The molecular weight excluding hydrogens is 471 g/mol. The second kappa shape index (κ2) is 11.3. The molecule has 8 nitrogen and oxygen atoms in total. The molecule has 2 aromatic rings. The number of hydrogen-bond acceptors (Lipinski definition) is 6. The van der Waals surface area contributed by atoms with Crippen LogP contribution >= 0.6 is 21.7 Å². The number of hydrazone groups is 1. The highest BCUT2D eigenvalue weighted by Gasteiger charge is 2.13. The van der Waals surface area contributed by atoms with Crippen molar-refractivity contribution in [2.45, 2.75) is 6.16 Å². The van der Waals surface area contributed by atoms with Gasteiger partial charge in [0.05, 0.1) is 12.4 Å². The second-order valence-corrected chi connectivity index (χ2v) is 12.3. The third kappa shape index (κ3) is 9.08. The molecule has 0 saturated heterocycles. The lowest BCUT2D eigenvalue weighted by Gasteiger charge is -2.17. The lowest BCUT2D eigenvalue weighted by Crippen LogP contribution is -2.03. The van der Waals surface area contributed by atoms with Gasteiger partial charge in [0.1, 0.15) is 11.5 Å². The molecule has 13 heteroatoms. The van der Waals surface area contributed by atoms with Crippen LogP contribution in [0.4, 0.5) is 0 Å². The summed E-state index contributed by atoms with van der Waals surface area (Å²) < 4.78 is 23.9. The molecule has 2 atom stereocenters. The van der Waals surface area contributed by atoms with E-state index >= 15 is 0 Å². The topological polar surface area (TPSA) is 104 Å². The minimum atomic E-state index is -4.09. The van der Waals surface area contributed by atoms with Crippen LogP contribution in [0.3, 0.4) is 0 Å². The van der Waals surface area contributed by atoms with Crippen LogP contribution in [0.5, 0.6) is 11.5 Å². The maximum absolute atomic E-state index is 11.0. The fourth-order valence-corrected chi connectivity index (χ4v) is 4.53. The first kappa shape index (κ1) is 24.2. The van der Waals surface area contributed by atoms with Gasteiger partial charge < -0.3 is 18.8 Å². The molecule has 0 amide bonds. The van der Waals surface area contributed by atoms with E-state index in [1.165, 1.54) is 0 Å². The Hall–Kier alpha value is -1.08. The molecule has 2 rings (SSSR count). The van der Waals surface area contributed by atoms with E-state index in [0.29, 0.717) is 17.1 Å². The average Bonchev–Trinajstić information content (AvgIpc) is 2.67. The zero-order chi connectivity index (χ0) is 21.4. The largest absolute Gasteiger partial charge is 0.456 e. The van der Waals surface area contributed by atoms with Gasteiger partial charge in [-0.3, -0.25) is 9.65 Å². The van der Waals surface area contributed by atoms with Crippen molar-refractivity contribution < 1.29 is 23.4 Å². The molecule has 2 aromatic carbocycles. The summed E-state index contributed by atoms with van der Waals surface area (Å²) in [7, 11) is -3.88. The van der Waals surface area contributed by atoms with Crippen molar-refractivity contribution in [3.8, 4) is 11.5 Å². The van der Waals surface area contributed by atoms with E-state index in [1.807, 2.05) is 24.3 Å². The lowest BCUT2D eigenvalue weighted by atomic mass is 10.2. The van der Waals surface area contributed by atoms with Crippen molar-refractivity contribution >= 4 is 51.6 Å². The Labute approximate surface area is 181 Å². The molecule has 158 valence electrons. The Morgan fingerprint density at radius 1 is 1.10 bits per heavy atom. The molecule has 29 heavy (non-hydrogen) atoms. The lowest BCUT2D eigenvalue weighted by molar-refractivity contribution is 0.371. The number of nitrogens with zero attached hydrogens (tertiary/aromatic N) is 2. The Morgan fingerprint density at radius 2 is 1.66 bits per heavy atom. The number of benzene rings is 2. The molecule has 0 aliphatic rings. The van der Waals surface area contributed by atoms with Crippen LogP contribution < -0.4 is 14.1 Å². The van der Waals surface area contributed by atoms with Gasteiger partial charge in [-0.15, -0.1) is 0 Å². The van der Waals surface area contributed by atoms with Gasteiger partial charge in [0.15, 0.2) is 7.07 Å². The third-order valence-electron chi connectivity index (χ3n) is 3.46. The smallest absolute Gasteiger partial charge is 0.329 e. The molecule has 0 spiro atoms. The van der Waals surface area contributed by atoms with E-state index in [4.69, 9.17) is 42.4 Å². The first-order chi connectivity index (χ1) is 13.7. The van der Waals surface area contributed by atoms with Gasteiger partial charge in [-0.2, -0.15) is 5.10 Å². The Kier molecular flexibility index (Phi) is 9.47. The van der Waals surface area contributed by atoms with E-state index in [0.717, 1.165) is 5.56 Å². The molecule has 2 unspecified atom stereocenters. The molecule has 3 N–H and O–H groups in total. The van der Waals surface area contributed by atoms with E-state index in [2.05, 4.69) is 10.2 Å². The summed E-state index contributed by atoms with van der Waals surface area (Å²) in [5.74, 6) is 1.23. The van der Waals surface area contributed by atoms with Gasteiger partial charge in [-0.25, -0.2) is 4.78 Å². The minimum absolute atomic E-state index is 0.309. The van der Waals surface area contributed by atoms with E-state index < -0.39 is 21.7 Å². The fraction of sp³-hybridized carbons (Fsp3) is 0.188. The Morgan fingerprint density at radius 3 is 2.21 bits per heavy atom. The highest BCUT2D eigenvalue weighted by atomic mass is 32.4. The molecule has 0 bridgehead atoms. The van der Waals surface area contributed by atoms with Crippen LogP contribution in [0.2, 0.25) is 0 Å². The highest BCUT2D eigenvalue weighted by molar-refractivity contribution is 8.02. The maximum Gasteiger partial charge on any atom is 0.329 e. The molecule has 0 aliphatic carbocycles. The van der Waals surface area contributed by atoms with Gasteiger partial charge in [0.25, 0.3) is 0 Å². The van der Waals surface area contributed by atoms with E-state index in [-0.39, 0.29) is 6.16 Å². The summed E-state index contributed by atoms with van der Waals surface area (Å²) in [6.07, 6.45) is 1.36. The van der Waals surface area contributed by atoms with Crippen LogP contribution in [0.15, 0.2) is 53.6 Å². The monoisotopic (exact) mass is 493 g/mol.